The number of ether oxygens (including phenoxy) is 2. The second-order valence-electron chi connectivity index (χ2n) is 9.25. The van der Waals surface area contributed by atoms with Crippen molar-refractivity contribution in [1.82, 2.24) is 9.80 Å². The van der Waals surface area contributed by atoms with Gasteiger partial charge in [0.05, 0.1) is 18.1 Å². The van der Waals surface area contributed by atoms with E-state index in [-0.39, 0.29) is 43.5 Å². The minimum absolute atomic E-state index is 0.00358. The fourth-order valence-corrected chi connectivity index (χ4v) is 5.81. The van der Waals surface area contributed by atoms with Gasteiger partial charge >= 0.3 is 5.97 Å². The van der Waals surface area contributed by atoms with Crippen molar-refractivity contribution in [1.29, 1.82) is 0 Å². The average molecular weight is 435 g/mol. The van der Waals surface area contributed by atoms with Crippen LogP contribution in [0.25, 0.3) is 0 Å². The van der Waals surface area contributed by atoms with Crippen LogP contribution in [0.4, 0.5) is 0 Å². The highest BCUT2D eigenvalue weighted by molar-refractivity contribution is 5.98. The lowest BCUT2D eigenvalue weighted by Gasteiger charge is -2.38. The maximum Gasteiger partial charge on any atom is 0.313 e. The van der Waals surface area contributed by atoms with Crippen molar-refractivity contribution < 1.29 is 29.0 Å². The van der Waals surface area contributed by atoms with E-state index in [1.807, 2.05) is 27.7 Å². The first-order valence-corrected chi connectivity index (χ1v) is 10.9. The van der Waals surface area contributed by atoms with E-state index in [9.17, 15) is 19.5 Å². The maximum absolute atomic E-state index is 13.8. The van der Waals surface area contributed by atoms with Gasteiger partial charge in [0, 0.05) is 19.1 Å². The number of esters is 1. The number of amides is 2. The fraction of sp³-hybridized carbons (Fsp3) is 0.696. The molecule has 172 valence electrons. The standard InChI is InChI=1S/C23H34N2O6/c1-7-9-24(14(3)4)20(28)18-23-13-15(5)22(6,31-23)17(21(29)30-12-8-2)16(23)19(27)25(18)10-11-26/h7-8,14-18,26H,1-2,9-13H2,3-6H3/t15?,16-,17+,18?,22-,23?/m0/s1. The van der Waals surface area contributed by atoms with E-state index in [0.29, 0.717) is 13.0 Å². The SMILES string of the molecule is C=CCOC(=O)[C@H]1[C@H]2C(=O)N(CCO)C(C(=O)N(CC=C)C(C)C)C23CC(C)[C@]1(C)O3. The first kappa shape index (κ1) is 23.5. The van der Waals surface area contributed by atoms with Gasteiger partial charge in [0.2, 0.25) is 11.8 Å². The number of likely N-dealkylation sites (tertiary alicyclic amines) is 1. The molecular formula is C23H34N2O6. The number of carbonyl (C=O) groups is 3. The summed E-state index contributed by atoms with van der Waals surface area (Å²) >= 11 is 0. The summed E-state index contributed by atoms with van der Waals surface area (Å²) < 4.78 is 11.9. The Morgan fingerprint density at radius 1 is 1.39 bits per heavy atom. The highest BCUT2D eigenvalue weighted by atomic mass is 16.6. The molecule has 8 heteroatoms. The van der Waals surface area contributed by atoms with E-state index in [1.165, 1.54) is 11.0 Å². The number of aliphatic hydroxyl groups excluding tert-OH is 1. The van der Waals surface area contributed by atoms with Crippen LogP contribution in [0.3, 0.4) is 0 Å². The van der Waals surface area contributed by atoms with E-state index in [0.717, 1.165) is 0 Å². The summed E-state index contributed by atoms with van der Waals surface area (Å²) in [7, 11) is 0. The van der Waals surface area contributed by atoms with E-state index in [1.54, 1.807) is 11.0 Å². The van der Waals surface area contributed by atoms with Crippen molar-refractivity contribution in [3.63, 3.8) is 0 Å². The number of rotatable bonds is 9. The number of β-amino-alcohol motifs (C(OH)–C–C–N with tert-alkyl or cyclic N) is 1. The van der Waals surface area contributed by atoms with Gasteiger partial charge < -0.3 is 24.4 Å². The number of aliphatic hydroxyl groups is 1. The summed E-state index contributed by atoms with van der Waals surface area (Å²) in [5.41, 5.74) is -2.05. The number of hydrogen-bond acceptors (Lipinski definition) is 6. The number of carbonyl (C=O) groups excluding carboxylic acids is 3. The molecule has 3 rings (SSSR count). The van der Waals surface area contributed by atoms with Crippen molar-refractivity contribution >= 4 is 17.8 Å². The van der Waals surface area contributed by atoms with Crippen molar-refractivity contribution in [2.45, 2.75) is 57.4 Å². The Hall–Kier alpha value is -2.19. The molecule has 31 heavy (non-hydrogen) atoms. The van der Waals surface area contributed by atoms with Crippen LogP contribution in [0.2, 0.25) is 0 Å². The van der Waals surface area contributed by atoms with Crippen LogP contribution >= 0.6 is 0 Å². The van der Waals surface area contributed by atoms with Crippen LogP contribution in [-0.2, 0) is 23.9 Å². The van der Waals surface area contributed by atoms with Crippen LogP contribution < -0.4 is 0 Å². The molecular weight excluding hydrogens is 400 g/mol. The molecule has 3 unspecified atom stereocenters. The third-order valence-corrected chi connectivity index (χ3v) is 7.22. The van der Waals surface area contributed by atoms with Crippen molar-refractivity contribution in [3.8, 4) is 0 Å². The number of nitrogens with zero attached hydrogens (tertiary/aromatic N) is 2. The molecule has 0 aromatic heterocycles. The summed E-state index contributed by atoms with van der Waals surface area (Å²) in [5, 5.41) is 9.64. The molecule has 8 nitrogen and oxygen atoms in total. The predicted octanol–water partition coefficient (Wildman–Crippen LogP) is 1.14. The molecule has 3 heterocycles. The van der Waals surface area contributed by atoms with Crippen LogP contribution in [0.15, 0.2) is 25.3 Å². The van der Waals surface area contributed by atoms with Gasteiger partial charge in [-0.1, -0.05) is 25.7 Å². The lowest BCUT2D eigenvalue weighted by Crippen LogP contribution is -2.58. The summed E-state index contributed by atoms with van der Waals surface area (Å²) in [6, 6.07) is -1.03. The summed E-state index contributed by atoms with van der Waals surface area (Å²) in [4.78, 5) is 43.5. The highest BCUT2D eigenvalue weighted by Crippen LogP contribution is 2.65. The third-order valence-electron chi connectivity index (χ3n) is 7.22. The average Bonchev–Trinajstić information content (AvgIpc) is 3.21. The van der Waals surface area contributed by atoms with E-state index >= 15 is 0 Å². The smallest absolute Gasteiger partial charge is 0.313 e. The van der Waals surface area contributed by atoms with Crippen LogP contribution in [0.5, 0.6) is 0 Å². The van der Waals surface area contributed by atoms with Gasteiger partial charge in [-0.05, 0) is 33.1 Å². The second kappa shape index (κ2) is 8.39. The zero-order valence-corrected chi connectivity index (χ0v) is 18.9. The minimum atomic E-state index is -1.14. The normalized spacial score (nSPS) is 35.9. The molecule has 0 aromatic carbocycles. The third kappa shape index (κ3) is 3.31. The lowest BCUT2D eigenvalue weighted by molar-refractivity contribution is -0.161. The van der Waals surface area contributed by atoms with Gasteiger partial charge in [-0.25, -0.2) is 0 Å². The van der Waals surface area contributed by atoms with Crippen LogP contribution in [-0.4, -0.2) is 82.3 Å². The van der Waals surface area contributed by atoms with Gasteiger partial charge in [-0.15, -0.1) is 6.58 Å². The zero-order valence-electron chi connectivity index (χ0n) is 18.9. The molecule has 6 atom stereocenters. The Labute approximate surface area is 183 Å². The van der Waals surface area contributed by atoms with E-state index < -0.39 is 35.0 Å². The van der Waals surface area contributed by atoms with Gasteiger partial charge in [-0.2, -0.15) is 0 Å². The number of fused-ring (bicyclic) bond motifs is 1. The fourth-order valence-electron chi connectivity index (χ4n) is 5.81. The van der Waals surface area contributed by atoms with E-state index in [4.69, 9.17) is 9.47 Å². The van der Waals surface area contributed by atoms with Gasteiger partial charge in [0.1, 0.15) is 24.2 Å². The maximum atomic E-state index is 13.8. The molecule has 0 aliphatic carbocycles. The summed E-state index contributed by atoms with van der Waals surface area (Å²) in [6.45, 7) is 15.0. The zero-order chi connectivity index (χ0) is 23.1. The molecule has 2 bridgehead atoms. The molecule has 0 radical (unpaired) electrons. The highest BCUT2D eigenvalue weighted by Gasteiger charge is 2.80. The number of hydrogen-bond donors (Lipinski definition) is 1. The second-order valence-corrected chi connectivity index (χ2v) is 9.25. The topological polar surface area (TPSA) is 96.4 Å². The lowest BCUT2D eigenvalue weighted by atomic mass is 9.62. The predicted molar refractivity (Wildman–Crippen MR) is 114 cm³/mol. The van der Waals surface area contributed by atoms with Crippen molar-refractivity contribution in [2.75, 3.05) is 26.3 Å². The Morgan fingerprint density at radius 3 is 2.61 bits per heavy atom. The molecule has 2 amide bonds. The Bertz CT molecular complexity index is 782. The van der Waals surface area contributed by atoms with E-state index in [2.05, 4.69) is 13.2 Å². The van der Waals surface area contributed by atoms with Crippen LogP contribution in [0, 0.1) is 17.8 Å². The van der Waals surface area contributed by atoms with Gasteiger partial charge in [0.15, 0.2) is 0 Å². The Kier molecular flexibility index (Phi) is 6.35. The first-order valence-electron chi connectivity index (χ1n) is 10.9. The minimum Gasteiger partial charge on any atom is -0.461 e. The quantitative estimate of drug-likeness (QED) is 0.432. The van der Waals surface area contributed by atoms with Gasteiger partial charge in [-0.3, -0.25) is 14.4 Å². The summed E-state index contributed by atoms with van der Waals surface area (Å²) in [6.07, 6.45) is 3.60. The molecule has 3 saturated heterocycles. The summed E-state index contributed by atoms with van der Waals surface area (Å²) in [5.74, 6) is -2.83. The monoisotopic (exact) mass is 434 g/mol. The Balaban J connectivity index is 2.10. The molecule has 1 spiro atoms. The van der Waals surface area contributed by atoms with Crippen LogP contribution in [0.1, 0.15) is 34.1 Å². The molecule has 3 fully saturated rings. The molecule has 0 aromatic rings. The first-order chi connectivity index (χ1) is 14.6. The molecule has 3 aliphatic heterocycles. The Morgan fingerprint density at radius 2 is 2.06 bits per heavy atom. The molecule has 1 N–H and O–H groups in total. The van der Waals surface area contributed by atoms with Crippen molar-refractivity contribution in [2.24, 2.45) is 17.8 Å². The van der Waals surface area contributed by atoms with Crippen molar-refractivity contribution in [3.05, 3.63) is 25.3 Å². The van der Waals surface area contributed by atoms with Gasteiger partial charge in [0.25, 0.3) is 0 Å². The molecule has 0 saturated carbocycles. The molecule has 3 aliphatic rings. The largest absolute Gasteiger partial charge is 0.461 e.